The molecular formula is C22H22N4O. The van der Waals surface area contributed by atoms with Crippen LogP contribution in [0.15, 0.2) is 67.1 Å². The highest BCUT2D eigenvalue weighted by atomic mass is 16.5. The minimum atomic E-state index is 0.166. The number of fused-ring (bicyclic) bond motifs is 1. The van der Waals surface area contributed by atoms with E-state index in [4.69, 9.17) is 4.74 Å². The van der Waals surface area contributed by atoms with Crippen LogP contribution < -0.4 is 10.1 Å². The summed E-state index contributed by atoms with van der Waals surface area (Å²) in [7, 11) is 2.06. The van der Waals surface area contributed by atoms with E-state index in [0.717, 1.165) is 39.4 Å². The standard InChI is InChI=1S/C22H22N4O/c1-15(2)27-19-8-6-18(7-9-19)25-22-12-21-17(14-24-22)11-20(26(21)3)16-5-4-10-23-13-16/h4-15H,1-3H3,(H,24,25). The summed E-state index contributed by atoms with van der Waals surface area (Å²) in [6.07, 6.45) is 5.72. The molecule has 0 aliphatic heterocycles. The van der Waals surface area contributed by atoms with E-state index >= 15 is 0 Å². The molecule has 5 heteroatoms. The molecular weight excluding hydrogens is 336 g/mol. The normalized spacial score (nSPS) is 11.1. The van der Waals surface area contributed by atoms with Crippen molar-refractivity contribution in [1.29, 1.82) is 0 Å². The second kappa shape index (κ2) is 7.11. The van der Waals surface area contributed by atoms with Gasteiger partial charge in [0.25, 0.3) is 0 Å². The summed E-state index contributed by atoms with van der Waals surface area (Å²) in [5.74, 6) is 1.67. The molecule has 27 heavy (non-hydrogen) atoms. The van der Waals surface area contributed by atoms with Crippen molar-refractivity contribution >= 4 is 22.4 Å². The number of hydrogen-bond acceptors (Lipinski definition) is 4. The first-order valence-electron chi connectivity index (χ1n) is 9.00. The van der Waals surface area contributed by atoms with Crippen LogP contribution in [0.5, 0.6) is 5.75 Å². The first kappa shape index (κ1) is 17.1. The summed E-state index contributed by atoms with van der Waals surface area (Å²) in [5, 5.41) is 4.46. The van der Waals surface area contributed by atoms with Crippen LogP contribution in [-0.4, -0.2) is 20.6 Å². The van der Waals surface area contributed by atoms with Gasteiger partial charge < -0.3 is 14.6 Å². The maximum Gasteiger partial charge on any atom is 0.132 e. The topological polar surface area (TPSA) is 52.0 Å². The number of ether oxygens (including phenoxy) is 1. The SMILES string of the molecule is CC(C)Oc1ccc(Nc2cc3c(cn2)cc(-c2cccnc2)n3C)cc1. The highest BCUT2D eigenvalue weighted by Crippen LogP contribution is 2.28. The number of anilines is 2. The van der Waals surface area contributed by atoms with Crippen LogP contribution in [0, 0.1) is 0 Å². The van der Waals surface area contributed by atoms with Gasteiger partial charge in [-0.05, 0) is 56.3 Å². The Kier molecular flexibility index (Phi) is 4.50. The van der Waals surface area contributed by atoms with Gasteiger partial charge in [0.2, 0.25) is 0 Å². The third kappa shape index (κ3) is 3.62. The van der Waals surface area contributed by atoms with E-state index in [2.05, 4.69) is 45.1 Å². The Morgan fingerprint density at radius 3 is 2.56 bits per heavy atom. The Hall–Kier alpha value is -3.34. The third-order valence-electron chi connectivity index (χ3n) is 4.38. The monoisotopic (exact) mass is 358 g/mol. The Morgan fingerprint density at radius 1 is 1.04 bits per heavy atom. The van der Waals surface area contributed by atoms with Gasteiger partial charge in [-0.3, -0.25) is 4.98 Å². The Labute approximate surface area is 158 Å². The molecule has 1 N–H and O–H groups in total. The van der Waals surface area contributed by atoms with Gasteiger partial charge in [-0.2, -0.15) is 0 Å². The number of pyridine rings is 2. The molecule has 0 aliphatic rings. The lowest BCUT2D eigenvalue weighted by molar-refractivity contribution is 0.242. The number of nitrogens with one attached hydrogen (secondary N) is 1. The predicted octanol–water partition coefficient (Wildman–Crippen LogP) is 5.17. The molecule has 0 atom stereocenters. The van der Waals surface area contributed by atoms with E-state index in [1.54, 1.807) is 6.20 Å². The van der Waals surface area contributed by atoms with Crippen molar-refractivity contribution in [2.24, 2.45) is 7.05 Å². The number of rotatable bonds is 5. The van der Waals surface area contributed by atoms with Gasteiger partial charge in [-0.15, -0.1) is 0 Å². The van der Waals surface area contributed by atoms with Gasteiger partial charge in [-0.1, -0.05) is 0 Å². The second-order valence-corrected chi connectivity index (χ2v) is 6.77. The molecule has 0 radical (unpaired) electrons. The van der Waals surface area contributed by atoms with Gasteiger partial charge >= 0.3 is 0 Å². The smallest absolute Gasteiger partial charge is 0.132 e. The largest absolute Gasteiger partial charge is 0.491 e. The van der Waals surface area contributed by atoms with E-state index in [9.17, 15) is 0 Å². The van der Waals surface area contributed by atoms with E-state index in [0.29, 0.717) is 0 Å². The molecule has 0 spiro atoms. The second-order valence-electron chi connectivity index (χ2n) is 6.77. The fourth-order valence-electron chi connectivity index (χ4n) is 3.13. The lowest BCUT2D eigenvalue weighted by Gasteiger charge is -2.11. The first-order valence-corrected chi connectivity index (χ1v) is 9.00. The maximum atomic E-state index is 5.69. The molecule has 3 heterocycles. The Morgan fingerprint density at radius 2 is 1.85 bits per heavy atom. The molecule has 4 aromatic rings. The van der Waals surface area contributed by atoms with Crippen molar-refractivity contribution in [3.05, 3.63) is 67.1 Å². The summed E-state index contributed by atoms with van der Waals surface area (Å²) in [6.45, 7) is 4.04. The van der Waals surface area contributed by atoms with Gasteiger partial charge in [0.05, 0.1) is 17.3 Å². The molecule has 0 bridgehead atoms. The van der Waals surface area contributed by atoms with Crippen LogP contribution in [0.2, 0.25) is 0 Å². The highest BCUT2D eigenvalue weighted by molar-refractivity contribution is 5.88. The number of nitrogens with zero attached hydrogens (tertiary/aromatic N) is 3. The van der Waals surface area contributed by atoms with Gasteiger partial charge in [0.1, 0.15) is 11.6 Å². The van der Waals surface area contributed by atoms with Crippen LogP contribution in [0.4, 0.5) is 11.5 Å². The fraction of sp³-hybridized carbons (Fsp3) is 0.182. The van der Waals surface area contributed by atoms with Crippen LogP contribution >= 0.6 is 0 Å². The summed E-state index contributed by atoms with van der Waals surface area (Å²) < 4.78 is 7.85. The number of aromatic nitrogens is 3. The molecule has 3 aromatic heterocycles. The molecule has 0 aliphatic carbocycles. The minimum absolute atomic E-state index is 0.166. The van der Waals surface area contributed by atoms with Crippen molar-refractivity contribution in [1.82, 2.24) is 14.5 Å². The summed E-state index contributed by atoms with van der Waals surface area (Å²) in [4.78, 5) is 8.77. The molecule has 136 valence electrons. The van der Waals surface area contributed by atoms with Crippen LogP contribution in [0.3, 0.4) is 0 Å². The van der Waals surface area contributed by atoms with E-state index in [-0.39, 0.29) is 6.10 Å². The van der Waals surface area contributed by atoms with Gasteiger partial charge in [-0.25, -0.2) is 4.98 Å². The molecule has 4 rings (SSSR count). The van der Waals surface area contributed by atoms with Crippen LogP contribution in [0.1, 0.15) is 13.8 Å². The zero-order valence-electron chi connectivity index (χ0n) is 15.7. The maximum absolute atomic E-state index is 5.69. The van der Waals surface area contributed by atoms with E-state index < -0.39 is 0 Å². The average Bonchev–Trinajstić information content (AvgIpc) is 3.00. The van der Waals surface area contributed by atoms with Crippen molar-refractivity contribution < 1.29 is 4.74 Å². The third-order valence-corrected chi connectivity index (χ3v) is 4.38. The van der Waals surface area contributed by atoms with Gasteiger partial charge in [0, 0.05) is 48.3 Å². The Bertz CT molecular complexity index is 1050. The quantitative estimate of drug-likeness (QED) is 0.535. The molecule has 0 saturated heterocycles. The van der Waals surface area contributed by atoms with Crippen molar-refractivity contribution in [2.75, 3.05) is 5.32 Å². The molecule has 0 fully saturated rings. The van der Waals surface area contributed by atoms with E-state index in [1.165, 1.54) is 0 Å². The summed E-state index contributed by atoms with van der Waals surface area (Å²) >= 11 is 0. The fourth-order valence-corrected chi connectivity index (χ4v) is 3.13. The average molecular weight is 358 g/mol. The highest BCUT2D eigenvalue weighted by Gasteiger charge is 2.09. The number of hydrogen-bond donors (Lipinski definition) is 1. The van der Waals surface area contributed by atoms with Crippen LogP contribution in [0.25, 0.3) is 22.2 Å². The van der Waals surface area contributed by atoms with E-state index in [1.807, 2.05) is 56.6 Å². The Balaban J connectivity index is 1.61. The predicted molar refractivity (Wildman–Crippen MR) is 109 cm³/mol. The van der Waals surface area contributed by atoms with Crippen LogP contribution in [-0.2, 0) is 7.05 Å². The molecule has 0 amide bonds. The summed E-state index contributed by atoms with van der Waals surface area (Å²) in [6, 6.07) is 16.1. The van der Waals surface area contributed by atoms with Crippen molar-refractivity contribution in [3.8, 4) is 17.0 Å². The molecule has 0 unspecified atom stereocenters. The zero-order valence-corrected chi connectivity index (χ0v) is 15.7. The number of benzene rings is 1. The first-order chi connectivity index (χ1) is 13.1. The van der Waals surface area contributed by atoms with Crippen molar-refractivity contribution in [3.63, 3.8) is 0 Å². The van der Waals surface area contributed by atoms with Gasteiger partial charge in [0.15, 0.2) is 0 Å². The number of aryl methyl sites for hydroxylation is 1. The molecule has 5 nitrogen and oxygen atoms in total. The molecule has 0 saturated carbocycles. The van der Waals surface area contributed by atoms with Crippen molar-refractivity contribution in [2.45, 2.75) is 20.0 Å². The zero-order chi connectivity index (χ0) is 18.8. The lowest BCUT2D eigenvalue weighted by atomic mass is 10.2. The lowest BCUT2D eigenvalue weighted by Crippen LogP contribution is -2.05. The molecule has 1 aromatic carbocycles. The summed E-state index contributed by atoms with van der Waals surface area (Å²) in [5.41, 5.74) is 4.30. The minimum Gasteiger partial charge on any atom is -0.491 e.